The van der Waals surface area contributed by atoms with Gasteiger partial charge >= 0.3 is 0 Å². The van der Waals surface area contributed by atoms with E-state index >= 15 is 0 Å². The van der Waals surface area contributed by atoms with E-state index in [1.54, 1.807) is 7.11 Å². The molecule has 0 aliphatic heterocycles. The Hall–Kier alpha value is -0.460. The Balaban J connectivity index is 4.01. The summed E-state index contributed by atoms with van der Waals surface area (Å²) in [5.41, 5.74) is 1.36. The number of methoxy groups -OCH3 is 1. The molecule has 0 bridgehead atoms. The molecule has 54 valence electrons. The van der Waals surface area contributed by atoms with Gasteiger partial charge in [-0.1, -0.05) is 13.8 Å². The van der Waals surface area contributed by atoms with Crippen LogP contribution < -0.4 is 0 Å². The van der Waals surface area contributed by atoms with Gasteiger partial charge in [0.15, 0.2) is 0 Å². The molecule has 0 aromatic heterocycles. The van der Waals surface area contributed by atoms with Crippen molar-refractivity contribution in [1.82, 2.24) is 0 Å². The van der Waals surface area contributed by atoms with Crippen molar-refractivity contribution in [3.8, 4) is 0 Å². The molecule has 0 aliphatic carbocycles. The van der Waals surface area contributed by atoms with Gasteiger partial charge in [0.2, 0.25) is 0 Å². The number of ether oxygens (including phenoxy) is 1. The van der Waals surface area contributed by atoms with E-state index in [0.717, 1.165) is 18.6 Å². The van der Waals surface area contributed by atoms with Gasteiger partial charge in [0, 0.05) is 6.42 Å². The highest BCUT2D eigenvalue weighted by atomic mass is 16.5. The van der Waals surface area contributed by atoms with E-state index in [2.05, 4.69) is 20.8 Å². The van der Waals surface area contributed by atoms with E-state index in [1.807, 2.05) is 0 Å². The van der Waals surface area contributed by atoms with Gasteiger partial charge in [0.1, 0.15) is 0 Å². The maximum Gasteiger partial charge on any atom is 0.0941 e. The van der Waals surface area contributed by atoms with Gasteiger partial charge < -0.3 is 4.74 Å². The summed E-state index contributed by atoms with van der Waals surface area (Å²) in [6.07, 6.45) is 2.10. The van der Waals surface area contributed by atoms with Crippen LogP contribution in [0.1, 0.15) is 33.6 Å². The molecular formula is C8H16O. The van der Waals surface area contributed by atoms with Crippen LogP contribution >= 0.6 is 0 Å². The van der Waals surface area contributed by atoms with E-state index < -0.39 is 0 Å². The van der Waals surface area contributed by atoms with E-state index in [0.29, 0.717) is 0 Å². The summed E-state index contributed by atoms with van der Waals surface area (Å²) in [5.74, 6) is 1.14. The minimum atomic E-state index is 1.01. The van der Waals surface area contributed by atoms with Gasteiger partial charge in [0.25, 0.3) is 0 Å². The third-order valence-electron chi connectivity index (χ3n) is 1.57. The molecule has 0 saturated carbocycles. The number of hydrogen-bond acceptors (Lipinski definition) is 1. The van der Waals surface area contributed by atoms with Gasteiger partial charge in [-0.2, -0.15) is 0 Å². The molecular weight excluding hydrogens is 112 g/mol. The minimum Gasteiger partial charge on any atom is -0.501 e. The van der Waals surface area contributed by atoms with Crippen LogP contribution in [0.25, 0.3) is 0 Å². The summed E-state index contributed by atoms with van der Waals surface area (Å²) in [7, 11) is 1.73. The second-order valence-corrected chi connectivity index (χ2v) is 2.11. The molecule has 0 amide bonds. The topological polar surface area (TPSA) is 9.23 Å². The Morgan fingerprint density at radius 3 is 1.89 bits per heavy atom. The normalized spacial score (nSPS) is 12.9. The fourth-order valence-corrected chi connectivity index (χ4v) is 0.818. The Labute approximate surface area is 57.7 Å². The van der Waals surface area contributed by atoms with E-state index in [1.165, 1.54) is 5.57 Å². The van der Waals surface area contributed by atoms with Crippen molar-refractivity contribution in [3.05, 3.63) is 11.3 Å². The second-order valence-electron chi connectivity index (χ2n) is 2.11. The van der Waals surface area contributed by atoms with Crippen LogP contribution in [0.2, 0.25) is 0 Å². The SMILES string of the molecule is CC/C(C)=C(\CC)OC. The van der Waals surface area contributed by atoms with Gasteiger partial charge in [-0.3, -0.25) is 0 Å². The molecule has 0 rings (SSSR count). The number of allylic oxidation sites excluding steroid dienone is 2. The second kappa shape index (κ2) is 4.42. The number of hydrogen-bond donors (Lipinski definition) is 0. The Bertz CT molecular complexity index is 97.1. The van der Waals surface area contributed by atoms with Gasteiger partial charge in [0.05, 0.1) is 12.9 Å². The summed E-state index contributed by atoms with van der Waals surface area (Å²) in [6.45, 7) is 6.37. The lowest BCUT2D eigenvalue weighted by Crippen LogP contribution is -1.88. The lowest BCUT2D eigenvalue weighted by molar-refractivity contribution is 0.274. The van der Waals surface area contributed by atoms with Crippen LogP contribution in [0.4, 0.5) is 0 Å². The molecule has 0 heterocycles. The van der Waals surface area contributed by atoms with Crippen LogP contribution in [0.3, 0.4) is 0 Å². The fraction of sp³-hybridized carbons (Fsp3) is 0.750. The summed E-state index contributed by atoms with van der Waals surface area (Å²) in [6, 6.07) is 0. The molecule has 0 aliphatic rings. The molecule has 0 radical (unpaired) electrons. The maximum atomic E-state index is 5.13. The molecule has 0 atom stereocenters. The van der Waals surface area contributed by atoms with Gasteiger partial charge in [-0.25, -0.2) is 0 Å². The van der Waals surface area contributed by atoms with Crippen LogP contribution in [0, 0.1) is 0 Å². The highest BCUT2D eigenvalue weighted by Gasteiger charge is 1.95. The average Bonchev–Trinajstić information content (AvgIpc) is 1.90. The fourth-order valence-electron chi connectivity index (χ4n) is 0.818. The van der Waals surface area contributed by atoms with Crippen molar-refractivity contribution in [1.29, 1.82) is 0 Å². The van der Waals surface area contributed by atoms with E-state index in [9.17, 15) is 0 Å². The summed E-state index contributed by atoms with van der Waals surface area (Å²) in [4.78, 5) is 0. The first-order valence-corrected chi connectivity index (χ1v) is 3.48. The standard InChI is InChI=1S/C8H16O/c1-5-7(3)8(6-2)9-4/h5-6H2,1-4H3/b8-7+. The first kappa shape index (κ1) is 8.54. The van der Waals surface area contributed by atoms with E-state index in [-0.39, 0.29) is 0 Å². The minimum absolute atomic E-state index is 1.01. The molecule has 0 aromatic rings. The zero-order chi connectivity index (χ0) is 7.28. The third-order valence-corrected chi connectivity index (χ3v) is 1.57. The quantitative estimate of drug-likeness (QED) is 0.531. The Morgan fingerprint density at radius 2 is 1.78 bits per heavy atom. The Kier molecular flexibility index (Phi) is 4.20. The van der Waals surface area contributed by atoms with E-state index in [4.69, 9.17) is 4.74 Å². The lowest BCUT2D eigenvalue weighted by Gasteiger charge is -2.05. The predicted octanol–water partition coefficient (Wildman–Crippen LogP) is 2.73. The van der Waals surface area contributed by atoms with Crippen molar-refractivity contribution in [3.63, 3.8) is 0 Å². The summed E-state index contributed by atoms with van der Waals surface area (Å²) < 4.78 is 5.13. The maximum absolute atomic E-state index is 5.13. The van der Waals surface area contributed by atoms with Crippen LogP contribution in [-0.4, -0.2) is 7.11 Å². The molecule has 0 spiro atoms. The summed E-state index contributed by atoms with van der Waals surface area (Å²) >= 11 is 0. The van der Waals surface area contributed by atoms with Crippen molar-refractivity contribution >= 4 is 0 Å². The van der Waals surface area contributed by atoms with Crippen molar-refractivity contribution < 1.29 is 4.74 Å². The van der Waals surface area contributed by atoms with Gasteiger partial charge in [-0.05, 0) is 18.9 Å². The van der Waals surface area contributed by atoms with Crippen molar-refractivity contribution in [2.75, 3.05) is 7.11 Å². The highest BCUT2D eigenvalue weighted by Crippen LogP contribution is 2.10. The zero-order valence-electron chi connectivity index (χ0n) is 6.82. The molecule has 9 heavy (non-hydrogen) atoms. The molecule has 0 N–H and O–H groups in total. The largest absolute Gasteiger partial charge is 0.501 e. The predicted molar refractivity (Wildman–Crippen MR) is 40.3 cm³/mol. The molecule has 0 saturated heterocycles. The van der Waals surface area contributed by atoms with Crippen LogP contribution in [0.5, 0.6) is 0 Å². The van der Waals surface area contributed by atoms with Crippen molar-refractivity contribution in [2.45, 2.75) is 33.6 Å². The molecule has 0 fully saturated rings. The zero-order valence-corrected chi connectivity index (χ0v) is 6.82. The smallest absolute Gasteiger partial charge is 0.0941 e. The monoisotopic (exact) mass is 128 g/mol. The number of rotatable bonds is 3. The molecule has 1 nitrogen and oxygen atoms in total. The lowest BCUT2D eigenvalue weighted by atomic mass is 10.2. The Morgan fingerprint density at radius 1 is 1.22 bits per heavy atom. The van der Waals surface area contributed by atoms with Gasteiger partial charge in [-0.15, -0.1) is 0 Å². The first-order chi connectivity index (χ1) is 4.26. The van der Waals surface area contributed by atoms with Crippen LogP contribution in [0.15, 0.2) is 11.3 Å². The molecule has 1 heteroatoms. The third kappa shape index (κ3) is 2.54. The highest BCUT2D eigenvalue weighted by molar-refractivity contribution is 5.03. The molecule has 0 unspecified atom stereocenters. The first-order valence-electron chi connectivity index (χ1n) is 3.48. The molecule has 0 aromatic carbocycles. The summed E-state index contributed by atoms with van der Waals surface area (Å²) in [5, 5.41) is 0. The van der Waals surface area contributed by atoms with Crippen molar-refractivity contribution in [2.24, 2.45) is 0 Å². The average molecular weight is 128 g/mol. The van der Waals surface area contributed by atoms with Crippen LogP contribution in [-0.2, 0) is 4.74 Å².